The van der Waals surface area contributed by atoms with Crippen molar-refractivity contribution < 1.29 is 4.79 Å². The minimum absolute atomic E-state index is 0.0953. The monoisotopic (exact) mass is 314 g/mol. The van der Waals surface area contributed by atoms with Crippen molar-refractivity contribution in [3.8, 4) is 0 Å². The van der Waals surface area contributed by atoms with Gasteiger partial charge in [-0.3, -0.25) is 14.2 Å². The largest absolute Gasteiger partial charge is 0.338 e. The maximum absolute atomic E-state index is 12.7. The molecule has 0 bridgehead atoms. The van der Waals surface area contributed by atoms with E-state index in [4.69, 9.17) is 0 Å². The van der Waals surface area contributed by atoms with E-state index >= 15 is 0 Å². The first-order valence-electron chi connectivity index (χ1n) is 7.26. The molecule has 2 aromatic rings. The highest BCUT2D eigenvalue weighted by molar-refractivity contribution is 8.07. The van der Waals surface area contributed by atoms with Crippen molar-refractivity contribution in [2.45, 2.75) is 29.4 Å². The van der Waals surface area contributed by atoms with Gasteiger partial charge in [0.25, 0.3) is 11.5 Å². The lowest BCUT2D eigenvalue weighted by Crippen LogP contribution is -2.44. The van der Waals surface area contributed by atoms with E-state index in [1.54, 1.807) is 34.9 Å². The standard InChI is InChI=1S/C16H14N2O3S/c19-13-8-9-17(11-6-7-12-14(11)22-12)16(21)18(13)15(20)10-4-2-1-3-5-10/h1-5,8-9,11-12,14H,6-7H2/t11-,12-,14+/m0/s1. The Balaban J connectivity index is 1.81. The van der Waals surface area contributed by atoms with Gasteiger partial charge in [-0.1, -0.05) is 18.2 Å². The molecule has 1 aliphatic carbocycles. The van der Waals surface area contributed by atoms with Gasteiger partial charge in [-0.2, -0.15) is 16.3 Å². The third kappa shape index (κ3) is 2.06. The Morgan fingerprint density at radius 3 is 2.50 bits per heavy atom. The molecule has 0 amide bonds. The lowest BCUT2D eigenvalue weighted by molar-refractivity contribution is 0.0947. The van der Waals surface area contributed by atoms with Gasteiger partial charge >= 0.3 is 5.69 Å². The summed E-state index contributed by atoms with van der Waals surface area (Å²) in [4.78, 5) is 37.2. The second kappa shape index (κ2) is 4.98. The van der Waals surface area contributed by atoms with Crippen molar-refractivity contribution in [3.63, 3.8) is 0 Å². The summed E-state index contributed by atoms with van der Waals surface area (Å²) in [6.45, 7) is 0. The van der Waals surface area contributed by atoms with E-state index in [1.165, 1.54) is 12.3 Å². The molecule has 0 unspecified atom stereocenters. The molecule has 5 nitrogen and oxygen atoms in total. The fourth-order valence-corrected chi connectivity index (χ4v) is 4.52. The molecule has 112 valence electrons. The predicted octanol–water partition coefficient (Wildman–Crippen LogP) is 1.52. The van der Waals surface area contributed by atoms with Crippen LogP contribution in [0.5, 0.6) is 0 Å². The molecule has 2 fully saturated rings. The fourth-order valence-electron chi connectivity index (χ4n) is 3.17. The van der Waals surface area contributed by atoms with Crippen molar-refractivity contribution >= 4 is 17.7 Å². The van der Waals surface area contributed by atoms with Crippen molar-refractivity contribution in [2.75, 3.05) is 0 Å². The molecule has 6 heteroatoms. The molecule has 0 N–H and O–H groups in total. The van der Waals surface area contributed by atoms with Crippen LogP contribution in [0.3, 0.4) is 0 Å². The molecule has 1 aromatic carbocycles. The summed E-state index contributed by atoms with van der Waals surface area (Å²) in [6, 6.07) is 9.82. The lowest BCUT2D eigenvalue weighted by atomic mass is 10.2. The summed E-state index contributed by atoms with van der Waals surface area (Å²) < 4.78 is 2.31. The number of rotatable bonds is 2. The third-order valence-electron chi connectivity index (χ3n) is 4.34. The number of fused-ring (bicyclic) bond motifs is 1. The average Bonchev–Trinajstić information content (AvgIpc) is 3.20. The molecule has 22 heavy (non-hydrogen) atoms. The van der Waals surface area contributed by atoms with E-state index in [1.807, 2.05) is 11.8 Å². The predicted molar refractivity (Wildman–Crippen MR) is 84.6 cm³/mol. The number of carbonyl (C=O) groups excluding carboxylic acids is 1. The molecular weight excluding hydrogens is 300 g/mol. The Morgan fingerprint density at radius 2 is 1.86 bits per heavy atom. The maximum Gasteiger partial charge on any atom is 0.338 e. The normalized spacial score (nSPS) is 25.7. The molecule has 1 aromatic heterocycles. The molecule has 0 radical (unpaired) electrons. The number of hydrogen-bond donors (Lipinski definition) is 0. The van der Waals surface area contributed by atoms with Crippen LogP contribution in [0.15, 0.2) is 52.2 Å². The smallest absolute Gasteiger partial charge is 0.296 e. The zero-order valence-corrected chi connectivity index (χ0v) is 12.5. The van der Waals surface area contributed by atoms with E-state index in [-0.39, 0.29) is 6.04 Å². The summed E-state index contributed by atoms with van der Waals surface area (Å²) in [6.07, 6.45) is 3.56. The highest BCUT2D eigenvalue weighted by Gasteiger charge is 2.50. The number of aromatic nitrogens is 2. The molecule has 1 aliphatic heterocycles. The first-order valence-corrected chi connectivity index (χ1v) is 8.20. The van der Waals surface area contributed by atoms with Crippen LogP contribution in [0.1, 0.15) is 29.2 Å². The highest BCUT2D eigenvalue weighted by Crippen LogP contribution is 2.57. The molecule has 0 spiro atoms. The van der Waals surface area contributed by atoms with Gasteiger partial charge < -0.3 is 0 Å². The second-order valence-electron chi connectivity index (χ2n) is 5.63. The zero-order valence-electron chi connectivity index (χ0n) is 11.7. The van der Waals surface area contributed by atoms with E-state index < -0.39 is 17.2 Å². The molecule has 3 atom stereocenters. The number of hydrogen-bond acceptors (Lipinski definition) is 4. The molecule has 1 saturated carbocycles. The van der Waals surface area contributed by atoms with Crippen LogP contribution in [-0.2, 0) is 0 Å². The van der Waals surface area contributed by atoms with Crippen LogP contribution < -0.4 is 11.2 Å². The van der Waals surface area contributed by atoms with Crippen molar-refractivity contribution in [3.05, 3.63) is 69.0 Å². The summed E-state index contributed by atoms with van der Waals surface area (Å²) in [5, 5.41) is 1.09. The summed E-state index contributed by atoms with van der Waals surface area (Å²) in [7, 11) is 0. The van der Waals surface area contributed by atoms with E-state index in [0.29, 0.717) is 16.1 Å². The average molecular weight is 314 g/mol. The lowest BCUT2D eigenvalue weighted by Gasteiger charge is -2.16. The molecule has 4 rings (SSSR count). The van der Waals surface area contributed by atoms with E-state index in [2.05, 4.69) is 0 Å². The highest BCUT2D eigenvalue weighted by atomic mass is 32.2. The van der Waals surface area contributed by atoms with Crippen LogP contribution in [0.4, 0.5) is 0 Å². The van der Waals surface area contributed by atoms with Crippen LogP contribution in [0.2, 0.25) is 0 Å². The summed E-state index contributed by atoms with van der Waals surface area (Å²) in [5.74, 6) is -0.567. The SMILES string of the molecule is O=C(c1ccccc1)n1c(=O)ccn([C@H]2CC[C@@H]3S[C@@H]32)c1=O. The fraction of sp³-hybridized carbons (Fsp3) is 0.312. The van der Waals surface area contributed by atoms with Crippen LogP contribution in [0.25, 0.3) is 0 Å². The Kier molecular flexibility index (Phi) is 3.07. The first-order chi connectivity index (χ1) is 10.7. The molecular formula is C16H14N2O3S. The van der Waals surface area contributed by atoms with Gasteiger partial charge in [-0.05, 0) is 25.0 Å². The van der Waals surface area contributed by atoms with Crippen LogP contribution in [-0.4, -0.2) is 25.5 Å². The maximum atomic E-state index is 12.7. The third-order valence-corrected chi connectivity index (χ3v) is 5.86. The minimum atomic E-state index is -0.576. The second-order valence-corrected chi connectivity index (χ2v) is 7.06. The molecule has 2 heterocycles. The van der Waals surface area contributed by atoms with E-state index in [9.17, 15) is 14.4 Å². The Morgan fingerprint density at radius 1 is 1.09 bits per heavy atom. The zero-order chi connectivity index (χ0) is 15.3. The van der Waals surface area contributed by atoms with Gasteiger partial charge in [-0.15, -0.1) is 0 Å². The van der Waals surface area contributed by atoms with Crippen molar-refractivity contribution in [1.29, 1.82) is 0 Å². The molecule has 2 aliphatic rings. The number of carbonyl (C=O) groups is 1. The van der Waals surface area contributed by atoms with Gasteiger partial charge in [0, 0.05) is 28.3 Å². The Labute approximate surface area is 130 Å². The molecule has 1 saturated heterocycles. The topological polar surface area (TPSA) is 61.1 Å². The quantitative estimate of drug-likeness (QED) is 0.789. The summed E-state index contributed by atoms with van der Waals surface area (Å²) in [5.41, 5.74) is -0.767. The van der Waals surface area contributed by atoms with Crippen LogP contribution in [0, 0.1) is 0 Å². The van der Waals surface area contributed by atoms with Crippen molar-refractivity contribution in [2.24, 2.45) is 0 Å². The Hall–Kier alpha value is -2.08. The van der Waals surface area contributed by atoms with Crippen molar-refractivity contribution in [1.82, 2.24) is 9.13 Å². The van der Waals surface area contributed by atoms with Gasteiger partial charge in [0.2, 0.25) is 0 Å². The van der Waals surface area contributed by atoms with Gasteiger partial charge in [0.05, 0.1) is 6.04 Å². The number of benzene rings is 1. The number of thioether (sulfide) groups is 1. The van der Waals surface area contributed by atoms with Gasteiger partial charge in [0.15, 0.2) is 0 Å². The first kappa shape index (κ1) is 13.6. The Bertz CT molecular complexity index is 856. The van der Waals surface area contributed by atoms with E-state index in [0.717, 1.165) is 17.4 Å². The minimum Gasteiger partial charge on any atom is -0.296 e. The number of nitrogens with zero attached hydrogens (tertiary/aromatic N) is 2. The van der Waals surface area contributed by atoms with Gasteiger partial charge in [-0.25, -0.2) is 4.79 Å². The van der Waals surface area contributed by atoms with Crippen LogP contribution >= 0.6 is 11.8 Å². The summed E-state index contributed by atoms with van der Waals surface area (Å²) >= 11 is 1.87. The van der Waals surface area contributed by atoms with Gasteiger partial charge in [0.1, 0.15) is 0 Å².